The molecule has 1 N–H and O–H groups in total. The average Bonchev–Trinajstić information content (AvgIpc) is 3.08. The summed E-state index contributed by atoms with van der Waals surface area (Å²) in [6, 6.07) is 15.2. The van der Waals surface area contributed by atoms with Crippen molar-refractivity contribution in [3.8, 4) is 5.75 Å². The summed E-state index contributed by atoms with van der Waals surface area (Å²) in [7, 11) is 0. The summed E-state index contributed by atoms with van der Waals surface area (Å²) in [5.74, 6) is 1.43. The van der Waals surface area contributed by atoms with Crippen molar-refractivity contribution in [3.05, 3.63) is 64.7 Å². The number of nitrogens with zero attached hydrogens (tertiary/aromatic N) is 3. The first kappa shape index (κ1) is 20.2. The molecular weight excluding hydrogens is 396 g/mol. The third kappa shape index (κ3) is 5.27. The Labute approximate surface area is 173 Å². The van der Waals surface area contributed by atoms with Gasteiger partial charge in [0.25, 0.3) is 5.91 Å². The molecule has 146 valence electrons. The van der Waals surface area contributed by atoms with Gasteiger partial charge in [0.2, 0.25) is 5.95 Å². The normalized spacial score (nSPS) is 10.7. The third-order valence-electron chi connectivity index (χ3n) is 3.99. The smallest absolute Gasteiger partial charge is 0.264 e. The number of nitrogens with one attached hydrogen (secondary N) is 1. The van der Waals surface area contributed by atoms with Crippen LogP contribution in [0.5, 0.6) is 5.75 Å². The van der Waals surface area contributed by atoms with Gasteiger partial charge in [0.05, 0.1) is 0 Å². The maximum Gasteiger partial charge on any atom is 0.264 e. The number of carbonyl (C=O) groups excluding carboxylic acids is 1. The van der Waals surface area contributed by atoms with Crippen molar-refractivity contribution in [2.75, 3.05) is 11.9 Å². The largest absolute Gasteiger partial charge is 0.484 e. The predicted octanol–water partition coefficient (Wildman–Crippen LogP) is 4.57. The summed E-state index contributed by atoms with van der Waals surface area (Å²) in [6.07, 6.45) is 0. The third-order valence-corrected chi connectivity index (χ3v) is 5.37. The Morgan fingerprint density at radius 2 is 1.93 bits per heavy atom. The van der Waals surface area contributed by atoms with E-state index < -0.39 is 0 Å². The number of carbonyl (C=O) groups is 1. The van der Waals surface area contributed by atoms with Crippen molar-refractivity contribution in [1.29, 1.82) is 0 Å². The summed E-state index contributed by atoms with van der Waals surface area (Å²) in [5, 5.41) is 12.5. The monoisotopic (exact) mass is 416 g/mol. The number of hydrogen-bond donors (Lipinski definition) is 1. The van der Waals surface area contributed by atoms with E-state index in [0.29, 0.717) is 24.0 Å². The Balaban J connectivity index is 1.58. The van der Waals surface area contributed by atoms with Crippen LogP contribution in [0.25, 0.3) is 0 Å². The number of benzene rings is 2. The number of rotatable bonds is 8. The van der Waals surface area contributed by atoms with Crippen molar-refractivity contribution in [2.45, 2.75) is 31.3 Å². The van der Waals surface area contributed by atoms with Crippen LogP contribution >= 0.6 is 23.4 Å². The quantitative estimate of drug-likeness (QED) is 0.545. The Kier molecular flexibility index (Phi) is 6.95. The van der Waals surface area contributed by atoms with Gasteiger partial charge >= 0.3 is 0 Å². The van der Waals surface area contributed by atoms with Crippen LogP contribution in [0.3, 0.4) is 0 Å². The van der Waals surface area contributed by atoms with Crippen LogP contribution < -0.4 is 10.1 Å². The summed E-state index contributed by atoms with van der Waals surface area (Å²) >= 11 is 7.73. The molecule has 0 atom stereocenters. The molecule has 0 bridgehead atoms. The molecule has 0 saturated heterocycles. The molecule has 0 unspecified atom stereocenters. The SMILES string of the molecule is CCn1c(NC(=O)COc2ccc(C)cc2)nnc1SCc1ccccc1Cl. The van der Waals surface area contributed by atoms with Crippen LogP contribution in [-0.4, -0.2) is 27.3 Å². The van der Waals surface area contributed by atoms with Gasteiger partial charge in [-0.1, -0.05) is 59.3 Å². The van der Waals surface area contributed by atoms with Crippen molar-refractivity contribution < 1.29 is 9.53 Å². The summed E-state index contributed by atoms with van der Waals surface area (Å²) < 4.78 is 7.36. The zero-order valence-electron chi connectivity index (χ0n) is 15.7. The van der Waals surface area contributed by atoms with Crippen LogP contribution in [0, 0.1) is 6.92 Å². The molecule has 2 aromatic carbocycles. The van der Waals surface area contributed by atoms with Gasteiger partial charge in [-0.3, -0.25) is 14.7 Å². The van der Waals surface area contributed by atoms with Gasteiger partial charge in [0.1, 0.15) is 5.75 Å². The highest BCUT2D eigenvalue weighted by Gasteiger charge is 2.15. The van der Waals surface area contributed by atoms with E-state index >= 15 is 0 Å². The first-order chi connectivity index (χ1) is 13.6. The highest BCUT2D eigenvalue weighted by molar-refractivity contribution is 7.98. The summed E-state index contributed by atoms with van der Waals surface area (Å²) in [6.45, 7) is 4.50. The van der Waals surface area contributed by atoms with Crippen molar-refractivity contribution in [1.82, 2.24) is 14.8 Å². The Bertz CT molecular complexity index is 944. The van der Waals surface area contributed by atoms with Gasteiger partial charge in [-0.15, -0.1) is 10.2 Å². The molecule has 0 aliphatic rings. The number of aromatic nitrogens is 3. The molecule has 0 saturated carbocycles. The van der Waals surface area contributed by atoms with Crippen LogP contribution in [-0.2, 0) is 17.1 Å². The van der Waals surface area contributed by atoms with Crippen LogP contribution in [0.1, 0.15) is 18.1 Å². The maximum atomic E-state index is 12.2. The standard InChI is InChI=1S/C20H21ClN4O2S/c1-3-25-19(22-18(26)12-27-16-10-8-14(2)9-11-16)23-24-20(25)28-13-15-6-4-5-7-17(15)21/h4-11H,3,12-13H2,1-2H3,(H,22,23,26). The first-order valence-electron chi connectivity index (χ1n) is 8.85. The van der Waals surface area contributed by atoms with E-state index in [-0.39, 0.29) is 12.5 Å². The molecule has 28 heavy (non-hydrogen) atoms. The van der Waals surface area contributed by atoms with E-state index in [0.717, 1.165) is 21.3 Å². The second kappa shape index (κ2) is 9.61. The van der Waals surface area contributed by atoms with E-state index in [4.69, 9.17) is 16.3 Å². The molecular formula is C20H21ClN4O2S. The number of ether oxygens (including phenoxy) is 1. The predicted molar refractivity (Wildman–Crippen MR) is 112 cm³/mol. The van der Waals surface area contributed by atoms with Crippen molar-refractivity contribution >= 4 is 35.2 Å². The summed E-state index contributed by atoms with van der Waals surface area (Å²) in [4.78, 5) is 12.2. The lowest BCUT2D eigenvalue weighted by atomic mass is 10.2. The highest BCUT2D eigenvalue weighted by atomic mass is 35.5. The minimum Gasteiger partial charge on any atom is -0.484 e. The van der Waals surface area contributed by atoms with Gasteiger partial charge in [-0.2, -0.15) is 0 Å². The average molecular weight is 417 g/mol. The Morgan fingerprint density at radius 1 is 1.18 bits per heavy atom. The lowest BCUT2D eigenvalue weighted by molar-refractivity contribution is -0.118. The fourth-order valence-corrected chi connectivity index (χ4v) is 3.76. The molecule has 0 aliphatic carbocycles. The topological polar surface area (TPSA) is 69.0 Å². The van der Waals surface area contributed by atoms with Crippen molar-refractivity contribution in [2.24, 2.45) is 0 Å². The van der Waals surface area contributed by atoms with Gasteiger partial charge in [-0.25, -0.2) is 0 Å². The second-order valence-electron chi connectivity index (χ2n) is 6.08. The first-order valence-corrected chi connectivity index (χ1v) is 10.2. The fraction of sp³-hybridized carbons (Fsp3) is 0.250. The maximum absolute atomic E-state index is 12.2. The zero-order chi connectivity index (χ0) is 19.9. The van der Waals surface area contributed by atoms with Gasteiger partial charge in [0, 0.05) is 17.3 Å². The molecule has 0 radical (unpaired) electrons. The molecule has 1 aromatic heterocycles. The molecule has 1 heterocycles. The van der Waals surface area contributed by atoms with Gasteiger partial charge in [0.15, 0.2) is 11.8 Å². The van der Waals surface area contributed by atoms with E-state index in [9.17, 15) is 4.79 Å². The number of anilines is 1. The molecule has 1 amide bonds. The minimum atomic E-state index is -0.287. The van der Waals surface area contributed by atoms with Gasteiger partial charge in [-0.05, 0) is 37.6 Å². The number of halogens is 1. The number of aryl methyl sites for hydroxylation is 1. The van der Waals surface area contributed by atoms with E-state index in [1.807, 2.05) is 66.9 Å². The molecule has 0 spiro atoms. The highest BCUT2D eigenvalue weighted by Crippen LogP contribution is 2.27. The zero-order valence-corrected chi connectivity index (χ0v) is 17.3. The summed E-state index contributed by atoms with van der Waals surface area (Å²) in [5.41, 5.74) is 2.16. The molecule has 0 fully saturated rings. The lowest BCUT2D eigenvalue weighted by Gasteiger charge is -2.09. The van der Waals surface area contributed by atoms with E-state index in [1.165, 1.54) is 11.8 Å². The molecule has 8 heteroatoms. The number of amides is 1. The van der Waals surface area contributed by atoms with Gasteiger partial charge < -0.3 is 4.74 Å². The Morgan fingerprint density at radius 3 is 2.64 bits per heavy atom. The number of hydrogen-bond acceptors (Lipinski definition) is 5. The lowest BCUT2D eigenvalue weighted by Crippen LogP contribution is -2.22. The minimum absolute atomic E-state index is 0.0955. The van der Waals surface area contributed by atoms with E-state index in [1.54, 1.807) is 0 Å². The Hall–Kier alpha value is -2.51. The molecule has 3 aromatic rings. The van der Waals surface area contributed by atoms with E-state index in [2.05, 4.69) is 15.5 Å². The van der Waals surface area contributed by atoms with Crippen LogP contribution in [0.4, 0.5) is 5.95 Å². The van der Waals surface area contributed by atoms with Crippen LogP contribution in [0.15, 0.2) is 53.7 Å². The molecule has 6 nitrogen and oxygen atoms in total. The molecule has 0 aliphatic heterocycles. The van der Waals surface area contributed by atoms with Crippen LogP contribution in [0.2, 0.25) is 5.02 Å². The number of thioether (sulfide) groups is 1. The second-order valence-corrected chi connectivity index (χ2v) is 7.43. The van der Waals surface area contributed by atoms with Crippen molar-refractivity contribution in [3.63, 3.8) is 0 Å². The fourth-order valence-electron chi connectivity index (χ4n) is 2.47. The molecule has 3 rings (SSSR count).